The molecule has 0 bridgehead atoms. The molecule has 2 aromatic carbocycles. The maximum absolute atomic E-state index is 13.1. The van der Waals surface area contributed by atoms with Gasteiger partial charge in [0.15, 0.2) is 0 Å². The molecule has 1 fully saturated rings. The second-order valence-electron chi connectivity index (χ2n) is 7.53. The summed E-state index contributed by atoms with van der Waals surface area (Å²) >= 11 is 1.66. The molecule has 2 N–H and O–H groups in total. The van der Waals surface area contributed by atoms with Crippen LogP contribution in [0.3, 0.4) is 0 Å². The average molecular weight is 490 g/mol. The van der Waals surface area contributed by atoms with E-state index in [2.05, 4.69) is 21.0 Å². The molecular weight excluding hydrogens is 465 g/mol. The monoisotopic (exact) mass is 489 g/mol. The van der Waals surface area contributed by atoms with E-state index in [4.69, 9.17) is 4.74 Å². The van der Waals surface area contributed by atoms with Crippen LogP contribution in [0.4, 0.5) is 10.1 Å². The molecule has 3 aromatic rings. The number of carbonyl (C=O) groups excluding carboxylic acids is 1. The first-order valence-corrected chi connectivity index (χ1v) is 12.8. The van der Waals surface area contributed by atoms with E-state index in [0.717, 1.165) is 25.2 Å². The summed E-state index contributed by atoms with van der Waals surface area (Å²) in [6.45, 7) is 3.41. The Morgan fingerprint density at radius 1 is 1.06 bits per heavy atom. The number of hydrogen-bond acceptors (Lipinski definition) is 6. The van der Waals surface area contributed by atoms with Gasteiger partial charge in [0.1, 0.15) is 5.82 Å². The number of halogens is 1. The SMILES string of the molecule is O=C(NCC(c1cccs1)N1CCOCC1)c1ccc(NS(=O)(=O)c2ccc(F)cc2)cc1. The Hall–Kier alpha value is -2.79. The van der Waals surface area contributed by atoms with E-state index < -0.39 is 15.8 Å². The fourth-order valence-corrected chi connectivity index (χ4v) is 5.51. The number of rotatable bonds is 8. The molecule has 2 heterocycles. The van der Waals surface area contributed by atoms with Crippen molar-refractivity contribution in [1.29, 1.82) is 0 Å². The number of benzene rings is 2. The summed E-state index contributed by atoms with van der Waals surface area (Å²) in [7, 11) is -3.85. The number of sulfonamides is 1. The van der Waals surface area contributed by atoms with Crippen LogP contribution in [0.15, 0.2) is 70.9 Å². The van der Waals surface area contributed by atoms with Gasteiger partial charge in [-0.15, -0.1) is 11.3 Å². The van der Waals surface area contributed by atoms with Crippen LogP contribution in [0, 0.1) is 5.82 Å². The number of thiophene rings is 1. The van der Waals surface area contributed by atoms with Crippen molar-refractivity contribution in [1.82, 2.24) is 10.2 Å². The third-order valence-corrected chi connectivity index (χ3v) is 7.71. The van der Waals surface area contributed by atoms with Gasteiger partial charge in [-0.05, 0) is 60.0 Å². The van der Waals surface area contributed by atoms with E-state index >= 15 is 0 Å². The molecule has 1 unspecified atom stereocenters. The quantitative estimate of drug-likeness (QED) is 0.506. The van der Waals surface area contributed by atoms with Gasteiger partial charge in [-0.25, -0.2) is 12.8 Å². The van der Waals surface area contributed by atoms with Gasteiger partial charge in [0.2, 0.25) is 0 Å². The molecule has 1 atom stereocenters. The molecule has 0 saturated carbocycles. The minimum Gasteiger partial charge on any atom is -0.379 e. The van der Waals surface area contributed by atoms with E-state index in [1.165, 1.54) is 29.1 Å². The summed E-state index contributed by atoms with van der Waals surface area (Å²) in [5.41, 5.74) is 0.729. The van der Waals surface area contributed by atoms with Crippen LogP contribution in [-0.4, -0.2) is 52.1 Å². The van der Waals surface area contributed by atoms with E-state index in [1.54, 1.807) is 23.5 Å². The highest BCUT2D eigenvalue weighted by atomic mass is 32.2. The van der Waals surface area contributed by atoms with E-state index in [9.17, 15) is 17.6 Å². The van der Waals surface area contributed by atoms with Crippen molar-refractivity contribution in [3.05, 3.63) is 82.3 Å². The largest absolute Gasteiger partial charge is 0.379 e. The summed E-state index contributed by atoms with van der Waals surface area (Å²) in [5.74, 6) is -0.753. The Labute approximate surface area is 196 Å². The number of anilines is 1. The maximum Gasteiger partial charge on any atom is 0.261 e. The molecule has 174 valence electrons. The van der Waals surface area contributed by atoms with Gasteiger partial charge < -0.3 is 10.1 Å². The summed E-state index contributed by atoms with van der Waals surface area (Å²) in [5, 5.41) is 5.02. The van der Waals surface area contributed by atoms with Gasteiger partial charge in [0, 0.05) is 35.8 Å². The van der Waals surface area contributed by atoms with Crippen LogP contribution in [0.5, 0.6) is 0 Å². The Kier molecular flexibility index (Phi) is 7.39. The van der Waals surface area contributed by atoms with Crippen LogP contribution in [0.25, 0.3) is 0 Å². The lowest BCUT2D eigenvalue weighted by molar-refractivity contribution is 0.0169. The van der Waals surface area contributed by atoms with Gasteiger partial charge in [-0.2, -0.15) is 0 Å². The molecule has 1 saturated heterocycles. The van der Waals surface area contributed by atoms with Crippen molar-refractivity contribution < 1.29 is 22.3 Å². The van der Waals surface area contributed by atoms with Gasteiger partial charge in [-0.1, -0.05) is 6.07 Å². The minimum absolute atomic E-state index is 0.0477. The van der Waals surface area contributed by atoms with Crippen LogP contribution in [-0.2, 0) is 14.8 Å². The number of carbonyl (C=O) groups is 1. The smallest absolute Gasteiger partial charge is 0.261 e. The Balaban J connectivity index is 1.39. The number of hydrogen-bond donors (Lipinski definition) is 2. The highest BCUT2D eigenvalue weighted by molar-refractivity contribution is 7.92. The first-order chi connectivity index (χ1) is 15.9. The number of nitrogens with zero attached hydrogens (tertiary/aromatic N) is 1. The van der Waals surface area contributed by atoms with Crippen molar-refractivity contribution >= 4 is 33.0 Å². The van der Waals surface area contributed by atoms with Crippen LogP contribution in [0.2, 0.25) is 0 Å². The van der Waals surface area contributed by atoms with Crippen molar-refractivity contribution in [2.75, 3.05) is 37.6 Å². The van der Waals surface area contributed by atoms with Crippen molar-refractivity contribution in [2.45, 2.75) is 10.9 Å². The highest BCUT2D eigenvalue weighted by Crippen LogP contribution is 2.25. The summed E-state index contributed by atoms with van der Waals surface area (Å²) in [6.07, 6.45) is 0. The zero-order valence-electron chi connectivity index (χ0n) is 17.7. The van der Waals surface area contributed by atoms with Gasteiger partial charge in [0.25, 0.3) is 15.9 Å². The number of nitrogens with one attached hydrogen (secondary N) is 2. The molecule has 0 radical (unpaired) electrons. The number of ether oxygens (including phenoxy) is 1. The zero-order valence-corrected chi connectivity index (χ0v) is 19.4. The molecule has 7 nitrogen and oxygen atoms in total. The standard InChI is InChI=1S/C23H24FN3O4S2/c24-18-5-9-20(10-6-18)33(29,30)26-19-7-3-17(4-8-19)23(28)25-16-21(22-2-1-15-32-22)27-11-13-31-14-12-27/h1-10,15,21,26H,11-14,16H2,(H,25,28). The van der Waals surface area contributed by atoms with E-state index in [1.807, 2.05) is 11.4 Å². The molecule has 0 aliphatic carbocycles. The Morgan fingerprint density at radius 3 is 2.39 bits per heavy atom. The van der Waals surface area contributed by atoms with Gasteiger partial charge >= 0.3 is 0 Å². The Bertz CT molecular complexity index is 1160. The van der Waals surface area contributed by atoms with Gasteiger partial charge in [-0.3, -0.25) is 14.4 Å². The first-order valence-electron chi connectivity index (χ1n) is 10.4. The van der Waals surface area contributed by atoms with Gasteiger partial charge in [0.05, 0.1) is 24.2 Å². The maximum atomic E-state index is 13.1. The fourth-order valence-electron chi connectivity index (χ4n) is 3.59. The van der Waals surface area contributed by atoms with Crippen LogP contribution in [0.1, 0.15) is 21.3 Å². The third kappa shape index (κ3) is 5.97. The molecule has 1 aliphatic heterocycles. The summed E-state index contributed by atoms with van der Waals surface area (Å²) in [6, 6.07) is 14.9. The lowest BCUT2D eigenvalue weighted by atomic mass is 10.1. The zero-order chi connectivity index (χ0) is 23.3. The van der Waals surface area contributed by atoms with Crippen molar-refractivity contribution in [3.63, 3.8) is 0 Å². The number of amides is 1. The molecule has 4 rings (SSSR count). The molecular formula is C23H24FN3O4S2. The minimum atomic E-state index is -3.85. The van der Waals surface area contributed by atoms with Crippen LogP contribution < -0.4 is 10.0 Å². The first kappa shape index (κ1) is 23.4. The molecule has 1 aromatic heterocycles. The topological polar surface area (TPSA) is 87.7 Å². The lowest BCUT2D eigenvalue weighted by Crippen LogP contribution is -2.43. The Morgan fingerprint density at radius 2 is 1.76 bits per heavy atom. The molecule has 0 spiro atoms. The van der Waals surface area contributed by atoms with Crippen molar-refractivity contribution in [3.8, 4) is 0 Å². The highest BCUT2D eigenvalue weighted by Gasteiger charge is 2.24. The predicted molar refractivity (Wildman–Crippen MR) is 125 cm³/mol. The summed E-state index contributed by atoms with van der Waals surface area (Å²) < 4.78 is 45.8. The second-order valence-corrected chi connectivity index (χ2v) is 10.2. The van der Waals surface area contributed by atoms with Crippen molar-refractivity contribution in [2.24, 2.45) is 0 Å². The molecule has 10 heteroatoms. The predicted octanol–water partition coefficient (Wildman–Crippen LogP) is 3.49. The normalized spacial score (nSPS) is 15.7. The summed E-state index contributed by atoms with van der Waals surface area (Å²) in [4.78, 5) is 16.2. The average Bonchev–Trinajstić information content (AvgIpc) is 3.35. The lowest BCUT2D eigenvalue weighted by Gasteiger charge is -2.34. The second kappa shape index (κ2) is 10.4. The molecule has 33 heavy (non-hydrogen) atoms. The third-order valence-electron chi connectivity index (χ3n) is 5.34. The molecule has 1 amide bonds. The van der Waals surface area contributed by atoms with Crippen LogP contribution >= 0.6 is 11.3 Å². The molecule has 1 aliphatic rings. The fraction of sp³-hybridized carbons (Fsp3) is 0.261. The van der Waals surface area contributed by atoms with E-state index in [-0.39, 0.29) is 16.8 Å². The number of morpholine rings is 1. The van der Waals surface area contributed by atoms with E-state index in [0.29, 0.717) is 31.0 Å².